The van der Waals surface area contributed by atoms with E-state index in [2.05, 4.69) is 34.7 Å². The van der Waals surface area contributed by atoms with Gasteiger partial charge in [0.25, 0.3) is 0 Å². The number of thiophene rings is 1. The number of rotatable bonds is 8. The zero-order valence-electron chi connectivity index (χ0n) is 15.7. The van der Waals surface area contributed by atoms with Crippen molar-refractivity contribution in [1.82, 2.24) is 10.6 Å². The van der Waals surface area contributed by atoms with E-state index in [1.807, 2.05) is 6.92 Å². The minimum atomic E-state index is -3.18. The molecule has 0 atom stereocenters. The molecule has 0 amide bonds. The van der Waals surface area contributed by atoms with Crippen molar-refractivity contribution in [2.45, 2.75) is 25.3 Å². The molecule has 0 saturated heterocycles. The van der Waals surface area contributed by atoms with Crippen LogP contribution in [0.1, 0.15) is 16.7 Å². The number of aryl methyl sites for hydroxylation is 1. The van der Waals surface area contributed by atoms with Crippen molar-refractivity contribution in [3.8, 4) is 5.75 Å². The summed E-state index contributed by atoms with van der Waals surface area (Å²) in [6.07, 6.45) is 1.19. The maximum Gasteiger partial charge on any atom is 0.191 e. The Kier molecular flexibility index (Phi) is 10.1. The summed E-state index contributed by atoms with van der Waals surface area (Å²) in [4.78, 5) is 7.35. The van der Waals surface area contributed by atoms with Crippen LogP contribution in [0.3, 0.4) is 0 Å². The van der Waals surface area contributed by atoms with Gasteiger partial charge in [0.05, 0.1) is 18.0 Å². The summed E-state index contributed by atoms with van der Waals surface area (Å²) >= 11 is 1.75. The molecule has 0 aliphatic carbocycles. The number of halogens is 1. The molecule has 2 N–H and O–H groups in total. The summed E-state index contributed by atoms with van der Waals surface area (Å²) in [7, 11) is -3.18. The Balaban J connectivity index is 0.00000364. The van der Waals surface area contributed by atoms with Crippen molar-refractivity contribution in [3.05, 3.63) is 46.2 Å². The number of ether oxygens (including phenoxy) is 1. The highest BCUT2D eigenvalue weighted by atomic mass is 127. The SMILES string of the molecule is CCNC(=NCc1ccc(C)s1)NCCOc1ccc(S(C)(=O)=O)cc1.I. The van der Waals surface area contributed by atoms with E-state index in [4.69, 9.17) is 4.74 Å². The number of benzene rings is 1. The monoisotopic (exact) mass is 523 g/mol. The zero-order chi connectivity index (χ0) is 19.0. The van der Waals surface area contributed by atoms with Gasteiger partial charge in [-0.25, -0.2) is 13.4 Å². The Hall–Kier alpha value is -1.33. The minimum absolute atomic E-state index is 0. The predicted octanol–water partition coefficient (Wildman–Crippen LogP) is 3.21. The molecule has 1 heterocycles. The van der Waals surface area contributed by atoms with E-state index in [-0.39, 0.29) is 28.9 Å². The smallest absolute Gasteiger partial charge is 0.191 e. The first-order chi connectivity index (χ1) is 12.4. The third-order valence-electron chi connectivity index (χ3n) is 3.45. The van der Waals surface area contributed by atoms with Gasteiger partial charge in [0.15, 0.2) is 15.8 Å². The molecule has 1 aromatic carbocycles. The third-order valence-corrected chi connectivity index (χ3v) is 5.56. The van der Waals surface area contributed by atoms with Crippen LogP contribution in [0.25, 0.3) is 0 Å². The van der Waals surface area contributed by atoms with Gasteiger partial charge in [-0.3, -0.25) is 0 Å². The van der Waals surface area contributed by atoms with Crippen molar-refractivity contribution in [2.75, 3.05) is 26.0 Å². The Morgan fingerprint density at radius 1 is 1.15 bits per heavy atom. The van der Waals surface area contributed by atoms with Crippen LogP contribution < -0.4 is 15.4 Å². The van der Waals surface area contributed by atoms with Gasteiger partial charge in [-0.05, 0) is 50.2 Å². The second-order valence-corrected chi connectivity index (χ2v) is 9.11. The summed E-state index contributed by atoms with van der Waals surface area (Å²) in [5.74, 6) is 1.38. The molecule has 150 valence electrons. The van der Waals surface area contributed by atoms with Gasteiger partial charge in [0, 0.05) is 22.6 Å². The van der Waals surface area contributed by atoms with Crippen LogP contribution in [0.2, 0.25) is 0 Å². The Bertz CT molecular complexity index is 834. The highest BCUT2D eigenvalue weighted by Gasteiger charge is 2.06. The fourth-order valence-electron chi connectivity index (χ4n) is 2.19. The van der Waals surface area contributed by atoms with E-state index in [0.717, 1.165) is 12.5 Å². The number of nitrogens with zero attached hydrogens (tertiary/aromatic N) is 1. The molecule has 27 heavy (non-hydrogen) atoms. The second-order valence-electron chi connectivity index (χ2n) is 5.73. The molecule has 0 radical (unpaired) electrons. The Morgan fingerprint density at radius 2 is 1.85 bits per heavy atom. The molecule has 0 aliphatic rings. The lowest BCUT2D eigenvalue weighted by Gasteiger charge is -2.12. The fourth-order valence-corrected chi connectivity index (χ4v) is 3.64. The topological polar surface area (TPSA) is 79.8 Å². The van der Waals surface area contributed by atoms with Crippen LogP contribution in [0, 0.1) is 6.92 Å². The van der Waals surface area contributed by atoms with E-state index < -0.39 is 9.84 Å². The predicted molar refractivity (Wildman–Crippen MR) is 122 cm³/mol. The highest BCUT2D eigenvalue weighted by Crippen LogP contribution is 2.16. The van der Waals surface area contributed by atoms with E-state index >= 15 is 0 Å². The summed E-state index contributed by atoms with van der Waals surface area (Å²) in [5.41, 5.74) is 0. The van der Waals surface area contributed by atoms with Crippen molar-refractivity contribution in [2.24, 2.45) is 4.99 Å². The molecule has 0 bridgehead atoms. The number of aliphatic imine (C=N–C) groups is 1. The van der Waals surface area contributed by atoms with Gasteiger partial charge < -0.3 is 15.4 Å². The molecule has 0 fully saturated rings. The molecule has 9 heteroatoms. The molecule has 0 aliphatic heterocycles. The van der Waals surface area contributed by atoms with E-state index in [0.29, 0.717) is 25.4 Å². The van der Waals surface area contributed by atoms with Crippen LogP contribution in [0.4, 0.5) is 0 Å². The molecular formula is C18H26IN3O3S2. The molecule has 0 unspecified atom stereocenters. The minimum Gasteiger partial charge on any atom is -0.492 e. The first-order valence-electron chi connectivity index (χ1n) is 8.39. The standard InChI is InChI=1S/C18H25N3O3S2.HI/c1-4-19-18(21-13-16-8-5-14(2)25-16)20-11-12-24-15-6-9-17(10-7-15)26(3,22)23;/h5-10H,4,11-13H2,1-3H3,(H2,19,20,21);1H. The van der Waals surface area contributed by atoms with Crippen LogP contribution in [-0.2, 0) is 16.4 Å². The highest BCUT2D eigenvalue weighted by molar-refractivity contribution is 14.0. The largest absolute Gasteiger partial charge is 0.492 e. The lowest BCUT2D eigenvalue weighted by atomic mass is 10.3. The average molecular weight is 523 g/mol. The lowest BCUT2D eigenvalue weighted by molar-refractivity contribution is 0.321. The zero-order valence-corrected chi connectivity index (χ0v) is 19.7. The van der Waals surface area contributed by atoms with Crippen LogP contribution in [0.5, 0.6) is 5.75 Å². The van der Waals surface area contributed by atoms with Gasteiger partial charge in [-0.2, -0.15) is 0 Å². The Morgan fingerprint density at radius 3 is 2.41 bits per heavy atom. The number of guanidine groups is 1. The number of hydrogen-bond donors (Lipinski definition) is 2. The first-order valence-corrected chi connectivity index (χ1v) is 11.1. The number of nitrogens with one attached hydrogen (secondary N) is 2. The van der Waals surface area contributed by atoms with Crippen molar-refractivity contribution in [1.29, 1.82) is 0 Å². The van der Waals surface area contributed by atoms with Crippen LogP contribution >= 0.6 is 35.3 Å². The fraction of sp³-hybridized carbons (Fsp3) is 0.389. The molecule has 6 nitrogen and oxygen atoms in total. The molecular weight excluding hydrogens is 497 g/mol. The maximum absolute atomic E-state index is 11.4. The van der Waals surface area contributed by atoms with Crippen molar-refractivity contribution >= 4 is 51.1 Å². The molecule has 1 aromatic heterocycles. The van der Waals surface area contributed by atoms with Gasteiger partial charge >= 0.3 is 0 Å². The first kappa shape index (κ1) is 23.7. The van der Waals surface area contributed by atoms with Crippen LogP contribution in [-0.4, -0.2) is 40.3 Å². The summed E-state index contributed by atoms with van der Waals surface area (Å²) in [6, 6.07) is 10.6. The Labute approximate surface area is 182 Å². The van der Waals surface area contributed by atoms with Crippen LogP contribution in [0.15, 0.2) is 46.3 Å². The molecule has 2 aromatic rings. The second kappa shape index (κ2) is 11.5. The summed E-state index contributed by atoms with van der Waals surface area (Å²) in [6.45, 7) is 6.56. The van der Waals surface area contributed by atoms with Crippen molar-refractivity contribution in [3.63, 3.8) is 0 Å². The number of hydrogen-bond acceptors (Lipinski definition) is 5. The normalized spacial score (nSPS) is 11.6. The van der Waals surface area contributed by atoms with Crippen molar-refractivity contribution < 1.29 is 13.2 Å². The van der Waals surface area contributed by atoms with E-state index in [1.54, 1.807) is 35.6 Å². The van der Waals surface area contributed by atoms with Gasteiger partial charge in [0.2, 0.25) is 0 Å². The van der Waals surface area contributed by atoms with E-state index in [9.17, 15) is 8.42 Å². The number of sulfone groups is 1. The summed E-state index contributed by atoms with van der Waals surface area (Å²) in [5, 5.41) is 6.43. The third kappa shape index (κ3) is 8.48. The average Bonchev–Trinajstić information content (AvgIpc) is 3.01. The molecule has 2 rings (SSSR count). The maximum atomic E-state index is 11.4. The van der Waals surface area contributed by atoms with Gasteiger partial charge in [-0.1, -0.05) is 0 Å². The molecule has 0 saturated carbocycles. The lowest BCUT2D eigenvalue weighted by Crippen LogP contribution is -2.39. The molecule has 0 spiro atoms. The van der Waals surface area contributed by atoms with Gasteiger partial charge in [0.1, 0.15) is 12.4 Å². The van der Waals surface area contributed by atoms with E-state index in [1.165, 1.54) is 16.0 Å². The summed E-state index contributed by atoms with van der Waals surface area (Å²) < 4.78 is 28.5. The van der Waals surface area contributed by atoms with Gasteiger partial charge in [-0.15, -0.1) is 35.3 Å². The quantitative estimate of drug-likeness (QED) is 0.241.